The SMILES string of the molecule is CC(C)NC(=O)C1CC(=O)N(C)C1c1ccc(F)cc1. The van der Waals surface area contributed by atoms with Crippen molar-refractivity contribution < 1.29 is 14.0 Å². The monoisotopic (exact) mass is 278 g/mol. The Bertz CT molecular complexity index is 513. The molecule has 5 heteroatoms. The highest BCUT2D eigenvalue weighted by molar-refractivity contribution is 5.90. The molecule has 2 rings (SSSR count). The van der Waals surface area contributed by atoms with Gasteiger partial charge in [-0.2, -0.15) is 0 Å². The van der Waals surface area contributed by atoms with Crippen molar-refractivity contribution >= 4 is 11.8 Å². The molecule has 1 aliphatic heterocycles. The van der Waals surface area contributed by atoms with E-state index in [2.05, 4.69) is 5.32 Å². The van der Waals surface area contributed by atoms with Gasteiger partial charge in [-0.05, 0) is 31.5 Å². The minimum atomic E-state index is -0.430. The molecule has 1 heterocycles. The molecule has 1 fully saturated rings. The van der Waals surface area contributed by atoms with Crippen LogP contribution in [0.3, 0.4) is 0 Å². The zero-order chi connectivity index (χ0) is 14.9. The van der Waals surface area contributed by atoms with Crippen LogP contribution < -0.4 is 5.32 Å². The molecule has 0 aromatic heterocycles. The minimum absolute atomic E-state index is 0.0253. The molecule has 1 saturated heterocycles. The first-order valence-corrected chi connectivity index (χ1v) is 6.71. The highest BCUT2D eigenvalue weighted by Gasteiger charge is 2.42. The van der Waals surface area contributed by atoms with E-state index in [4.69, 9.17) is 0 Å². The Morgan fingerprint density at radius 3 is 2.50 bits per heavy atom. The lowest BCUT2D eigenvalue weighted by Crippen LogP contribution is -2.38. The van der Waals surface area contributed by atoms with Crippen LogP contribution in [0.2, 0.25) is 0 Å². The van der Waals surface area contributed by atoms with E-state index >= 15 is 0 Å². The molecule has 0 spiro atoms. The summed E-state index contributed by atoms with van der Waals surface area (Å²) in [6.45, 7) is 3.76. The second-order valence-corrected chi connectivity index (χ2v) is 5.47. The third-order valence-corrected chi connectivity index (χ3v) is 3.57. The fraction of sp³-hybridized carbons (Fsp3) is 0.467. The molecule has 20 heavy (non-hydrogen) atoms. The summed E-state index contributed by atoms with van der Waals surface area (Å²) in [6.07, 6.45) is 0.192. The molecule has 1 aliphatic rings. The van der Waals surface area contributed by atoms with Crippen molar-refractivity contribution in [2.45, 2.75) is 32.4 Å². The van der Waals surface area contributed by atoms with E-state index in [0.717, 1.165) is 5.56 Å². The molecule has 108 valence electrons. The van der Waals surface area contributed by atoms with Crippen LogP contribution >= 0.6 is 0 Å². The predicted molar refractivity (Wildman–Crippen MR) is 73.3 cm³/mol. The largest absolute Gasteiger partial charge is 0.354 e. The van der Waals surface area contributed by atoms with Gasteiger partial charge in [0.25, 0.3) is 0 Å². The van der Waals surface area contributed by atoms with Gasteiger partial charge in [-0.15, -0.1) is 0 Å². The van der Waals surface area contributed by atoms with E-state index in [0.29, 0.717) is 0 Å². The molecule has 1 aromatic rings. The first kappa shape index (κ1) is 14.5. The molecule has 1 aromatic carbocycles. The summed E-state index contributed by atoms with van der Waals surface area (Å²) < 4.78 is 13.0. The number of rotatable bonds is 3. The zero-order valence-corrected chi connectivity index (χ0v) is 11.9. The number of carbonyl (C=O) groups excluding carboxylic acids is 2. The maximum absolute atomic E-state index is 13.0. The van der Waals surface area contributed by atoms with Gasteiger partial charge in [-0.25, -0.2) is 4.39 Å². The average Bonchev–Trinajstić information content (AvgIpc) is 2.67. The number of benzene rings is 1. The molecule has 0 radical (unpaired) electrons. The molecule has 0 aliphatic carbocycles. The molecule has 4 nitrogen and oxygen atoms in total. The first-order valence-electron chi connectivity index (χ1n) is 6.71. The highest BCUT2D eigenvalue weighted by Crippen LogP contribution is 2.37. The second-order valence-electron chi connectivity index (χ2n) is 5.47. The zero-order valence-electron chi connectivity index (χ0n) is 11.9. The van der Waals surface area contributed by atoms with E-state index in [1.54, 1.807) is 24.1 Å². The lowest BCUT2D eigenvalue weighted by atomic mass is 9.92. The first-order chi connectivity index (χ1) is 9.40. The van der Waals surface area contributed by atoms with Gasteiger partial charge in [0.05, 0.1) is 12.0 Å². The maximum Gasteiger partial charge on any atom is 0.226 e. The van der Waals surface area contributed by atoms with Crippen LogP contribution in [-0.4, -0.2) is 29.8 Å². The van der Waals surface area contributed by atoms with Gasteiger partial charge in [-0.3, -0.25) is 9.59 Å². The summed E-state index contributed by atoms with van der Waals surface area (Å²) in [6, 6.07) is 5.65. The number of carbonyl (C=O) groups is 2. The molecule has 2 atom stereocenters. The van der Waals surface area contributed by atoms with Gasteiger partial charge in [0.1, 0.15) is 5.82 Å². The number of nitrogens with one attached hydrogen (secondary N) is 1. The fourth-order valence-corrected chi connectivity index (χ4v) is 2.61. The highest BCUT2D eigenvalue weighted by atomic mass is 19.1. The predicted octanol–water partition coefficient (Wildman–Crippen LogP) is 1.87. The van der Waals surface area contributed by atoms with Gasteiger partial charge in [-0.1, -0.05) is 12.1 Å². The smallest absolute Gasteiger partial charge is 0.226 e. The van der Waals surface area contributed by atoms with E-state index in [1.165, 1.54) is 12.1 Å². The van der Waals surface area contributed by atoms with Crippen LogP contribution in [0.5, 0.6) is 0 Å². The summed E-state index contributed by atoms with van der Waals surface area (Å²) in [4.78, 5) is 25.7. The van der Waals surface area contributed by atoms with Crippen molar-refractivity contribution in [1.29, 1.82) is 0 Å². The van der Waals surface area contributed by atoms with Crippen molar-refractivity contribution in [2.24, 2.45) is 5.92 Å². The number of nitrogens with zero attached hydrogens (tertiary/aromatic N) is 1. The van der Waals surface area contributed by atoms with Crippen LogP contribution in [0.1, 0.15) is 31.9 Å². The van der Waals surface area contributed by atoms with Crippen molar-refractivity contribution in [2.75, 3.05) is 7.05 Å². The summed E-state index contributed by atoms with van der Waals surface area (Å²) >= 11 is 0. The summed E-state index contributed by atoms with van der Waals surface area (Å²) in [7, 11) is 1.68. The van der Waals surface area contributed by atoms with Crippen LogP contribution in [-0.2, 0) is 9.59 Å². The van der Waals surface area contributed by atoms with Crippen LogP contribution in [0.25, 0.3) is 0 Å². The Morgan fingerprint density at radius 1 is 1.35 bits per heavy atom. The average molecular weight is 278 g/mol. The summed E-state index contributed by atoms with van der Waals surface area (Å²) in [5.74, 6) is -0.959. The topological polar surface area (TPSA) is 49.4 Å². The molecular formula is C15H19FN2O2. The molecule has 1 N–H and O–H groups in total. The van der Waals surface area contributed by atoms with Gasteiger partial charge < -0.3 is 10.2 Å². The molecule has 2 amide bonds. The van der Waals surface area contributed by atoms with Crippen molar-refractivity contribution in [3.63, 3.8) is 0 Å². The standard InChI is InChI=1S/C15H19FN2O2/c1-9(2)17-15(20)12-8-13(19)18(3)14(12)10-4-6-11(16)7-5-10/h4-7,9,12,14H,8H2,1-3H3,(H,17,20). The Kier molecular flexibility index (Phi) is 4.06. The Hall–Kier alpha value is -1.91. The molecular weight excluding hydrogens is 259 g/mol. The lowest BCUT2D eigenvalue weighted by Gasteiger charge is -2.25. The van der Waals surface area contributed by atoms with Crippen molar-refractivity contribution in [3.05, 3.63) is 35.6 Å². The Morgan fingerprint density at radius 2 is 1.95 bits per heavy atom. The van der Waals surface area contributed by atoms with E-state index in [1.807, 2.05) is 13.8 Å². The molecule has 0 bridgehead atoms. The van der Waals surface area contributed by atoms with Gasteiger partial charge in [0.2, 0.25) is 11.8 Å². The molecule has 0 saturated carbocycles. The summed E-state index contributed by atoms with van der Waals surface area (Å²) in [5, 5.41) is 2.85. The number of amides is 2. The van der Waals surface area contributed by atoms with Gasteiger partial charge in [0, 0.05) is 19.5 Å². The Balaban J connectivity index is 2.28. The van der Waals surface area contributed by atoms with E-state index < -0.39 is 5.92 Å². The number of halogens is 1. The van der Waals surface area contributed by atoms with Crippen LogP contribution in [0.15, 0.2) is 24.3 Å². The van der Waals surface area contributed by atoms with Gasteiger partial charge in [0.15, 0.2) is 0 Å². The van der Waals surface area contributed by atoms with Crippen LogP contribution in [0.4, 0.5) is 4.39 Å². The maximum atomic E-state index is 13.0. The fourth-order valence-electron chi connectivity index (χ4n) is 2.61. The second kappa shape index (κ2) is 5.61. The normalized spacial score (nSPS) is 22.4. The third-order valence-electron chi connectivity index (χ3n) is 3.57. The van der Waals surface area contributed by atoms with Crippen LogP contribution in [0, 0.1) is 11.7 Å². The Labute approximate surface area is 118 Å². The molecule has 2 unspecified atom stereocenters. The number of hydrogen-bond acceptors (Lipinski definition) is 2. The van der Waals surface area contributed by atoms with E-state index in [9.17, 15) is 14.0 Å². The number of hydrogen-bond donors (Lipinski definition) is 1. The minimum Gasteiger partial charge on any atom is -0.354 e. The third kappa shape index (κ3) is 2.81. The summed E-state index contributed by atoms with van der Waals surface area (Å²) in [5.41, 5.74) is 0.781. The van der Waals surface area contributed by atoms with Crippen molar-refractivity contribution in [1.82, 2.24) is 10.2 Å². The van der Waals surface area contributed by atoms with Gasteiger partial charge >= 0.3 is 0 Å². The quantitative estimate of drug-likeness (QED) is 0.917. The number of likely N-dealkylation sites (tertiary alicyclic amines) is 1. The van der Waals surface area contributed by atoms with Crippen molar-refractivity contribution in [3.8, 4) is 0 Å². The lowest BCUT2D eigenvalue weighted by molar-refractivity contribution is -0.128. The van der Waals surface area contributed by atoms with E-state index in [-0.39, 0.29) is 36.1 Å².